The van der Waals surface area contributed by atoms with Gasteiger partial charge in [-0.25, -0.2) is 0 Å². The van der Waals surface area contributed by atoms with Gasteiger partial charge in [0.25, 0.3) is 0 Å². The number of hydrogen-bond donors (Lipinski definition) is 1. The molecule has 0 saturated carbocycles. The molecule has 1 fully saturated rings. The van der Waals surface area contributed by atoms with E-state index in [2.05, 4.69) is 201 Å². The molecule has 1 aromatic heterocycles. The summed E-state index contributed by atoms with van der Waals surface area (Å²) in [4.78, 5) is 0. The summed E-state index contributed by atoms with van der Waals surface area (Å²) < 4.78 is 15.7. The SMILES string of the molecule is Cc1ccc(C2(c3ccc(C)cc3)c3cc(B4OC(C)(C)C(C)(C)O4)ccc3-n3c4ccccc4c4cccc2c43)cc1.S=BS(=S)(=S)S. The predicted octanol–water partition coefficient (Wildman–Crippen LogP) is 9.04. The molecule has 10 heteroatoms. The topological polar surface area (TPSA) is 23.4 Å². The Hall–Kier alpha value is -2.69. The number of fused-ring (bicyclic) bond motifs is 5. The third-order valence-electron chi connectivity index (χ3n) is 10.4. The molecule has 3 heterocycles. The number of aromatic nitrogens is 1. The molecule has 0 atom stereocenters. The first-order chi connectivity index (χ1) is 23.2. The Morgan fingerprint density at radius 2 is 1.22 bits per heavy atom. The van der Waals surface area contributed by atoms with E-state index in [1.807, 2.05) is 0 Å². The zero-order valence-electron chi connectivity index (χ0n) is 28.4. The quantitative estimate of drug-likeness (QED) is 0.111. The number of hydrogen-bond acceptors (Lipinski definition) is 5. The van der Waals surface area contributed by atoms with Crippen LogP contribution >= 0.6 is 23.7 Å². The van der Waals surface area contributed by atoms with E-state index in [4.69, 9.17) is 9.31 Å². The van der Waals surface area contributed by atoms with Gasteiger partial charge in [-0.2, -0.15) is 0 Å². The van der Waals surface area contributed by atoms with Gasteiger partial charge in [-0.05, 0) is 81.4 Å². The van der Waals surface area contributed by atoms with Crippen LogP contribution in [0.25, 0.3) is 27.5 Å². The summed E-state index contributed by atoms with van der Waals surface area (Å²) in [7, 11) is -0.456. The number of para-hydroxylation sites is 2. The van der Waals surface area contributed by atoms with Gasteiger partial charge in [-0.3, -0.25) is 0 Å². The molecule has 2 aliphatic rings. The Morgan fingerprint density at radius 3 is 1.78 bits per heavy atom. The number of rotatable bonds is 4. The van der Waals surface area contributed by atoms with Crippen molar-refractivity contribution in [2.24, 2.45) is 0 Å². The van der Waals surface area contributed by atoms with Gasteiger partial charge in [0.15, 0.2) is 0 Å². The van der Waals surface area contributed by atoms with Crippen LogP contribution < -0.4 is 5.46 Å². The van der Waals surface area contributed by atoms with E-state index in [0.29, 0.717) is 0 Å². The van der Waals surface area contributed by atoms with E-state index >= 15 is 0 Å². The fraction of sp³-hybridized carbons (Fsp3) is 0.231. The number of nitrogens with zero attached hydrogens (tertiary/aromatic N) is 1. The molecule has 5 aromatic carbocycles. The first-order valence-electron chi connectivity index (χ1n) is 16.3. The monoisotopic (exact) mass is 733 g/mol. The van der Waals surface area contributed by atoms with E-state index in [1.54, 1.807) is 0 Å². The van der Waals surface area contributed by atoms with Gasteiger partial charge in [0, 0.05) is 10.8 Å². The molecule has 3 nitrogen and oxygen atoms in total. The van der Waals surface area contributed by atoms with Crippen LogP contribution in [0.2, 0.25) is 0 Å². The Bertz CT molecular complexity index is 2290. The van der Waals surface area contributed by atoms with Gasteiger partial charge in [-0.15, -0.1) is 0 Å². The summed E-state index contributed by atoms with van der Waals surface area (Å²) in [6.07, 6.45) is 0. The maximum absolute atomic E-state index is 6.61. The minimum absolute atomic E-state index is 0.423. The average Bonchev–Trinajstić information content (AvgIpc) is 3.52. The molecule has 0 aliphatic carbocycles. The van der Waals surface area contributed by atoms with Crippen LogP contribution in [0.4, 0.5) is 0 Å². The molecule has 6 aromatic rings. The second-order valence-electron chi connectivity index (χ2n) is 14.0. The average molecular weight is 734 g/mol. The third-order valence-corrected chi connectivity index (χ3v) is 13.5. The van der Waals surface area contributed by atoms with E-state index < -0.39 is 29.8 Å². The normalized spacial score (nSPS) is 16.9. The molecule has 2 aliphatic heterocycles. The Balaban J connectivity index is 0.000000581. The van der Waals surface area contributed by atoms with Crippen LogP contribution in [0.15, 0.2) is 109 Å². The molecular formula is C39H37B2NO2S5. The van der Waals surface area contributed by atoms with Crippen LogP contribution in [0.3, 0.4) is 0 Å². The van der Waals surface area contributed by atoms with Crippen molar-refractivity contribution < 1.29 is 9.31 Å². The summed E-state index contributed by atoms with van der Waals surface area (Å²) in [5, 5.41) is 2.54. The molecule has 0 N–H and O–H groups in total. The molecule has 0 spiro atoms. The standard InChI is InChI=1S/C39H36BNO2.BHS5/c1-25-14-18-27(19-15-25)39(28-20-16-26(2)17-21-28)32-12-9-11-31-30-10-7-8-13-34(30)41(36(31)32)35-23-22-29(24-33(35)39)40-42-37(3,4)38(5,6)43-40;2-1-6(3,4)5/h7-24H,1-6H3;(H,3,4,5). The van der Waals surface area contributed by atoms with Crippen molar-refractivity contribution >= 4 is 91.9 Å². The van der Waals surface area contributed by atoms with Crippen LogP contribution in [0.5, 0.6) is 0 Å². The summed E-state index contributed by atoms with van der Waals surface area (Å²) in [6.45, 7) is 12.8. The van der Waals surface area contributed by atoms with Gasteiger partial charge >= 0.3 is 64.7 Å². The third kappa shape index (κ3) is 5.78. The Morgan fingerprint density at radius 1 is 0.694 bits per heavy atom. The van der Waals surface area contributed by atoms with Crippen molar-refractivity contribution in [3.8, 4) is 5.69 Å². The van der Waals surface area contributed by atoms with Crippen molar-refractivity contribution in [3.05, 3.63) is 143 Å². The first-order valence-corrected chi connectivity index (χ1v) is 21.3. The molecule has 1 saturated heterocycles. The van der Waals surface area contributed by atoms with Crippen LogP contribution in [-0.2, 0) is 43.1 Å². The van der Waals surface area contributed by atoms with Crippen molar-refractivity contribution in [1.82, 2.24) is 4.57 Å². The molecule has 246 valence electrons. The van der Waals surface area contributed by atoms with Gasteiger partial charge in [0.1, 0.15) is 0 Å². The second kappa shape index (κ2) is 12.5. The summed E-state index contributed by atoms with van der Waals surface area (Å²) in [5.74, 6) is 0. The van der Waals surface area contributed by atoms with Gasteiger partial charge in [0.05, 0.1) is 33.3 Å². The second-order valence-corrected chi connectivity index (χ2v) is 22.8. The van der Waals surface area contributed by atoms with E-state index in [9.17, 15) is 0 Å². The summed E-state index contributed by atoms with van der Waals surface area (Å²) in [6, 6.07) is 39.1. The molecule has 0 bridgehead atoms. The summed E-state index contributed by atoms with van der Waals surface area (Å²) in [5.41, 5.74) is 12.2. The van der Waals surface area contributed by atoms with Crippen molar-refractivity contribution in [2.75, 3.05) is 0 Å². The molecule has 0 radical (unpaired) electrons. The fourth-order valence-corrected chi connectivity index (χ4v) is 7.29. The van der Waals surface area contributed by atoms with Gasteiger partial charge in [0.2, 0.25) is 0 Å². The van der Waals surface area contributed by atoms with Crippen molar-refractivity contribution in [1.29, 1.82) is 0 Å². The summed E-state index contributed by atoms with van der Waals surface area (Å²) >= 11 is 17.4. The molecular weight excluding hydrogens is 696 g/mol. The maximum atomic E-state index is 6.61. The minimum atomic E-state index is -1.61. The molecule has 0 amide bonds. The van der Waals surface area contributed by atoms with E-state index in [0.717, 1.165) is 5.46 Å². The Kier molecular flexibility index (Phi) is 8.87. The van der Waals surface area contributed by atoms with Crippen LogP contribution in [-0.4, -0.2) is 28.3 Å². The first kappa shape index (κ1) is 34.7. The van der Waals surface area contributed by atoms with Crippen LogP contribution in [0, 0.1) is 13.8 Å². The van der Waals surface area contributed by atoms with E-state index in [1.165, 1.54) is 66.3 Å². The number of benzene rings is 5. The number of aryl methyl sites for hydroxylation is 2. The molecule has 49 heavy (non-hydrogen) atoms. The predicted molar refractivity (Wildman–Crippen MR) is 222 cm³/mol. The Labute approximate surface area is 310 Å². The van der Waals surface area contributed by atoms with Gasteiger partial charge < -0.3 is 13.9 Å². The van der Waals surface area contributed by atoms with Crippen molar-refractivity contribution in [3.63, 3.8) is 0 Å². The molecule has 0 unspecified atom stereocenters. The number of thiol groups is 1. The van der Waals surface area contributed by atoms with Gasteiger partial charge in [-0.1, -0.05) is 108 Å². The van der Waals surface area contributed by atoms with E-state index in [-0.39, 0.29) is 0 Å². The van der Waals surface area contributed by atoms with Crippen molar-refractivity contribution in [2.45, 2.75) is 58.2 Å². The fourth-order valence-electron chi connectivity index (χ4n) is 7.29. The molecule has 8 rings (SSSR count). The zero-order valence-corrected chi connectivity index (χ0v) is 32.6. The van der Waals surface area contributed by atoms with Crippen LogP contribution in [0.1, 0.15) is 61.1 Å². The zero-order chi connectivity index (χ0) is 34.9.